The molecule has 4 nitrogen and oxygen atoms in total. The lowest BCUT2D eigenvalue weighted by Crippen LogP contribution is -2.27. The average Bonchev–Trinajstić information content (AvgIpc) is 3.23. The van der Waals surface area contributed by atoms with Gasteiger partial charge in [0.15, 0.2) is 5.60 Å². The number of nitrogens with zero attached hydrogens (tertiary/aromatic N) is 1. The third-order valence-corrected chi connectivity index (χ3v) is 5.07. The predicted molar refractivity (Wildman–Crippen MR) is 103 cm³/mol. The van der Waals surface area contributed by atoms with Crippen LogP contribution in [0, 0.1) is 0 Å². The van der Waals surface area contributed by atoms with Crippen molar-refractivity contribution < 1.29 is 14.3 Å². The second kappa shape index (κ2) is 8.63. The monoisotopic (exact) mass is 361 g/mol. The quantitative estimate of drug-likeness (QED) is 0.640. The lowest BCUT2D eigenvalue weighted by molar-refractivity contribution is 0.0863. The Morgan fingerprint density at radius 2 is 1.96 bits per heavy atom. The number of hydrogen-bond acceptors (Lipinski definition) is 5. The maximum absolute atomic E-state index is 10.9. The van der Waals surface area contributed by atoms with Crippen LogP contribution in [0.15, 0.2) is 58.4 Å². The molecule has 0 aliphatic carbocycles. The van der Waals surface area contributed by atoms with Crippen molar-refractivity contribution in [2.24, 2.45) is 0 Å². The summed E-state index contributed by atoms with van der Waals surface area (Å²) in [6, 6.07) is 7.89. The second-order valence-corrected chi connectivity index (χ2v) is 7.35. The first-order valence-electron chi connectivity index (χ1n) is 8.25. The zero-order valence-corrected chi connectivity index (χ0v) is 16.1. The van der Waals surface area contributed by atoms with Gasteiger partial charge in [-0.2, -0.15) is 0 Å². The van der Waals surface area contributed by atoms with Gasteiger partial charge in [0, 0.05) is 25.1 Å². The van der Waals surface area contributed by atoms with Crippen LogP contribution in [0.3, 0.4) is 0 Å². The van der Waals surface area contributed by atoms with Crippen LogP contribution in [-0.2, 0) is 23.4 Å². The first kappa shape index (κ1) is 19.7. The molecule has 0 spiro atoms. The fraction of sp³-hybridized carbons (Fsp3) is 0.400. The molecule has 0 unspecified atom stereocenters. The molecular formula is C20H27NO3S. The Morgan fingerprint density at radius 1 is 1.24 bits per heavy atom. The second-order valence-electron chi connectivity index (χ2n) is 6.32. The number of hydrogen-bond donors (Lipinski definition) is 1. The van der Waals surface area contributed by atoms with E-state index in [1.165, 1.54) is 4.88 Å². The van der Waals surface area contributed by atoms with E-state index in [2.05, 4.69) is 35.6 Å². The molecule has 0 aromatic carbocycles. The Bertz CT molecular complexity index is 688. The van der Waals surface area contributed by atoms with Crippen LogP contribution in [0.25, 0.3) is 0 Å². The van der Waals surface area contributed by atoms with Crippen molar-refractivity contribution in [2.45, 2.75) is 32.5 Å². The topological polar surface area (TPSA) is 45.8 Å². The molecule has 0 saturated carbocycles. The highest BCUT2D eigenvalue weighted by molar-refractivity contribution is 7.09. The summed E-state index contributed by atoms with van der Waals surface area (Å²) in [5.74, 6) is 1.26. The van der Waals surface area contributed by atoms with Crippen molar-refractivity contribution in [1.82, 2.24) is 4.90 Å². The molecule has 0 aliphatic rings. The Labute approximate surface area is 154 Å². The Balaban J connectivity index is 2.15. The van der Waals surface area contributed by atoms with Gasteiger partial charge in [-0.15, -0.1) is 11.3 Å². The molecule has 0 aliphatic heterocycles. The number of aliphatic hydroxyl groups is 1. The van der Waals surface area contributed by atoms with E-state index in [9.17, 15) is 5.11 Å². The van der Waals surface area contributed by atoms with Gasteiger partial charge < -0.3 is 14.3 Å². The molecule has 0 amide bonds. The van der Waals surface area contributed by atoms with Crippen LogP contribution in [0.1, 0.15) is 30.2 Å². The van der Waals surface area contributed by atoms with Gasteiger partial charge in [0.2, 0.25) is 0 Å². The largest absolute Gasteiger partial charge is 0.461 e. The fourth-order valence-corrected chi connectivity index (χ4v) is 3.47. The zero-order chi connectivity index (χ0) is 18.4. The molecule has 136 valence electrons. The fourth-order valence-electron chi connectivity index (χ4n) is 2.72. The maximum atomic E-state index is 10.9. The van der Waals surface area contributed by atoms with Gasteiger partial charge in [-0.05, 0) is 48.6 Å². The van der Waals surface area contributed by atoms with Gasteiger partial charge in [-0.3, -0.25) is 4.90 Å². The Kier molecular flexibility index (Phi) is 6.79. The minimum Gasteiger partial charge on any atom is -0.461 e. The first-order chi connectivity index (χ1) is 11.9. The normalized spacial score (nSPS) is 11.9. The standard InChI is InChI=1S/C20H27NO3S/c1-15(2)20(22,16(3)4)19-9-8-17(24-19)13-21(10-11-23-5)14-18-7-6-12-25-18/h6-9,12,22H,1,3,10-11,13-14H2,2,4-5H3. The van der Waals surface area contributed by atoms with E-state index < -0.39 is 5.60 Å². The van der Waals surface area contributed by atoms with E-state index in [0.717, 1.165) is 18.8 Å². The third-order valence-electron chi connectivity index (χ3n) is 4.20. The van der Waals surface area contributed by atoms with Crippen LogP contribution in [0.4, 0.5) is 0 Å². The lowest BCUT2D eigenvalue weighted by atomic mass is 9.87. The van der Waals surface area contributed by atoms with E-state index >= 15 is 0 Å². The molecule has 0 bridgehead atoms. The molecule has 0 saturated heterocycles. The van der Waals surface area contributed by atoms with E-state index in [1.807, 2.05) is 6.07 Å². The smallest absolute Gasteiger partial charge is 0.163 e. The van der Waals surface area contributed by atoms with Gasteiger partial charge >= 0.3 is 0 Å². The zero-order valence-electron chi connectivity index (χ0n) is 15.2. The first-order valence-corrected chi connectivity index (χ1v) is 9.13. The highest BCUT2D eigenvalue weighted by Crippen LogP contribution is 2.36. The number of methoxy groups -OCH3 is 1. The third kappa shape index (κ3) is 4.70. The minimum absolute atomic E-state index is 0.463. The van der Waals surface area contributed by atoms with Crippen LogP contribution < -0.4 is 0 Å². The van der Waals surface area contributed by atoms with E-state index in [1.54, 1.807) is 38.4 Å². The number of thiophene rings is 1. The summed E-state index contributed by atoms with van der Waals surface area (Å²) in [6.45, 7) is 14.3. The van der Waals surface area contributed by atoms with Crippen molar-refractivity contribution in [2.75, 3.05) is 20.3 Å². The molecule has 0 radical (unpaired) electrons. The summed E-state index contributed by atoms with van der Waals surface area (Å²) in [4.78, 5) is 3.56. The molecule has 2 rings (SSSR count). The van der Waals surface area contributed by atoms with Crippen LogP contribution >= 0.6 is 11.3 Å². The molecule has 5 heteroatoms. The Morgan fingerprint density at radius 3 is 2.52 bits per heavy atom. The summed E-state index contributed by atoms with van der Waals surface area (Å²) in [5.41, 5.74) is -0.143. The SMILES string of the molecule is C=C(C)C(O)(C(=C)C)c1ccc(CN(CCOC)Cc2cccs2)o1. The lowest BCUT2D eigenvalue weighted by Gasteiger charge is -2.27. The number of ether oxygens (including phenoxy) is 1. The minimum atomic E-state index is -1.33. The van der Waals surface area contributed by atoms with E-state index in [-0.39, 0.29) is 0 Å². The molecule has 1 N–H and O–H groups in total. The average molecular weight is 362 g/mol. The molecule has 2 aromatic rings. The molecular weight excluding hydrogens is 334 g/mol. The van der Waals surface area contributed by atoms with Gasteiger partial charge in [0.25, 0.3) is 0 Å². The van der Waals surface area contributed by atoms with Gasteiger partial charge in [0.05, 0.1) is 13.2 Å². The molecule has 0 atom stereocenters. The summed E-state index contributed by atoms with van der Waals surface area (Å²) in [6.07, 6.45) is 0. The summed E-state index contributed by atoms with van der Waals surface area (Å²) < 4.78 is 11.2. The van der Waals surface area contributed by atoms with Crippen molar-refractivity contribution in [3.63, 3.8) is 0 Å². The molecule has 2 heterocycles. The molecule has 2 aromatic heterocycles. The number of furan rings is 1. The van der Waals surface area contributed by atoms with Crippen LogP contribution in [0.2, 0.25) is 0 Å². The van der Waals surface area contributed by atoms with Crippen molar-refractivity contribution in [3.8, 4) is 0 Å². The van der Waals surface area contributed by atoms with Crippen molar-refractivity contribution >= 4 is 11.3 Å². The van der Waals surface area contributed by atoms with Crippen LogP contribution in [0.5, 0.6) is 0 Å². The van der Waals surface area contributed by atoms with Gasteiger partial charge in [-0.25, -0.2) is 0 Å². The summed E-state index contributed by atoms with van der Waals surface area (Å²) >= 11 is 1.74. The van der Waals surface area contributed by atoms with E-state index in [4.69, 9.17) is 9.15 Å². The van der Waals surface area contributed by atoms with Gasteiger partial charge in [-0.1, -0.05) is 19.2 Å². The Hall–Kier alpha value is -1.66. The molecule has 0 fully saturated rings. The van der Waals surface area contributed by atoms with Crippen molar-refractivity contribution in [1.29, 1.82) is 0 Å². The van der Waals surface area contributed by atoms with Crippen molar-refractivity contribution in [3.05, 3.63) is 70.3 Å². The maximum Gasteiger partial charge on any atom is 0.163 e. The summed E-state index contributed by atoms with van der Waals surface area (Å²) in [7, 11) is 1.70. The van der Waals surface area contributed by atoms with E-state index in [0.29, 0.717) is 30.1 Å². The number of rotatable bonds is 10. The highest BCUT2D eigenvalue weighted by atomic mass is 32.1. The molecule has 25 heavy (non-hydrogen) atoms. The van der Waals surface area contributed by atoms with Crippen LogP contribution in [-0.4, -0.2) is 30.3 Å². The highest BCUT2D eigenvalue weighted by Gasteiger charge is 2.34. The predicted octanol–water partition coefficient (Wildman–Crippen LogP) is 4.33. The summed E-state index contributed by atoms with van der Waals surface area (Å²) in [5, 5.41) is 13.0. The van der Waals surface area contributed by atoms with Gasteiger partial charge in [0.1, 0.15) is 11.5 Å².